The molecule has 1 aliphatic rings. The van der Waals surface area contributed by atoms with Crippen molar-refractivity contribution in [2.24, 2.45) is 0 Å². The standard InChI is InChI=1S/C8H6N4.C7H11F3N2O.C2H6/c1-2-10-8-6(1)12-4-3-9-7(12)5-11-8;8-7(9,10)5-11-6(13)12-3-1-2-4-12;1-2/h1-5,10H;1-5H2,(H,11,13);1-2H3. The predicted octanol–water partition coefficient (Wildman–Crippen LogP) is 3.59. The summed E-state index contributed by atoms with van der Waals surface area (Å²) in [6, 6.07) is 1.37. The van der Waals surface area contributed by atoms with Crippen LogP contribution in [-0.4, -0.2) is 56.1 Å². The lowest BCUT2D eigenvalue weighted by Crippen LogP contribution is -2.42. The molecule has 1 aliphatic heterocycles. The third-order valence-electron chi connectivity index (χ3n) is 3.78. The van der Waals surface area contributed by atoms with Gasteiger partial charge in [0.1, 0.15) is 6.54 Å². The molecule has 1 saturated heterocycles. The first-order valence-electron chi connectivity index (χ1n) is 8.79. The number of likely N-dealkylation sites (tertiary alicyclic amines) is 1. The Morgan fingerprint density at radius 1 is 1.26 bits per heavy atom. The van der Waals surface area contributed by atoms with E-state index in [0.29, 0.717) is 13.1 Å². The normalized spacial score (nSPS) is 13.7. The van der Waals surface area contributed by atoms with E-state index in [2.05, 4.69) is 15.0 Å². The fourth-order valence-electron chi connectivity index (χ4n) is 2.59. The highest BCUT2D eigenvalue weighted by molar-refractivity contribution is 5.74. The van der Waals surface area contributed by atoms with Crippen LogP contribution in [-0.2, 0) is 0 Å². The first-order valence-corrected chi connectivity index (χ1v) is 8.79. The summed E-state index contributed by atoms with van der Waals surface area (Å²) in [5.74, 6) is 0. The Morgan fingerprint density at radius 2 is 1.96 bits per heavy atom. The monoisotopic (exact) mass is 384 g/mol. The summed E-state index contributed by atoms with van der Waals surface area (Å²) >= 11 is 0. The van der Waals surface area contributed by atoms with Crippen molar-refractivity contribution in [2.75, 3.05) is 19.6 Å². The zero-order valence-corrected chi connectivity index (χ0v) is 15.3. The van der Waals surface area contributed by atoms with Crippen molar-refractivity contribution in [3.8, 4) is 0 Å². The maximum Gasteiger partial charge on any atom is 0.405 e. The average Bonchev–Trinajstić information content (AvgIpc) is 3.41. The molecule has 3 aromatic rings. The number of fused-ring (bicyclic) bond motifs is 3. The van der Waals surface area contributed by atoms with Gasteiger partial charge in [-0.05, 0) is 18.9 Å². The molecule has 1 fully saturated rings. The van der Waals surface area contributed by atoms with Crippen LogP contribution in [0.15, 0.2) is 30.9 Å². The van der Waals surface area contributed by atoms with Gasteiger partial charge in [-0.2, -0.15) is 13.2 Å². The van der Waals surface area contributed by atoms with E-state index in [1.54, 1.807) is 12.4 Å². The largest absolute Gasteiger partial charge is 0.405 e. The van der Waals surface area contributed by atoms with E-state index in [-0.39, 0.29) is 0 Å². The molecule has 4 rings (SSSR count). The number of rotatable bonds is 1. The van der Waals surface area contributed by atoms with Gasteiger partial charge >= 0.3 is 12.2 Å². The third-order valence-corrected chi connectivity index (χ3v) is 3.78. The zero-order valence-electron chi connectivity index (χ0n) is 15.3. The minimum Gasteiger partial charge on any atom is -0.345 e. The van der Waals surface area contributed by atoms with E-state index in [1.165, 1.54) is 4.90 Å². The number of urea groups is 1. The Labute approximate surface area is 154 Å². The SMILES string of the molecule is CC.O=C(NCC(F)(F)F)N1CCCC1.c1cn2c(cnc3[nH]ccc32)n1. The minimum atomic E-state index is -4.32. The van der Waals surface area contributed by atoms with Crippen LogP contribution in [0.3, 0.4) is 0 Å². The Kier molecular flexibility index (Phi) is 7.03. The summed E-state index contributed by atoms with van der Waals surface area (Å²) in [7, 11) is 0. The van der Waals surface area contributed by atoms with Gasteiger partial charge in [0.05, 0.1) is 11.7 Å². The van der Waals surface area contributed by atoms with Crippen LogP contribution in [0.1, 0.15) is 26.7 Å². The number of alkyl halides is 3. The highest BCUT2D eigenvalue weighted by atomic mass is 19.4. The van der Waals surface area contributed by atoms with Crippen LogP contribution in [0.25, 0.3) is 16.8 Å². The Morgan fingerprint density at radius 3 is 2.63 bits per heavy atom. The summed E-state index contributed by atoms with van der Waals surface area (Å²) in [5, 5.41) is 1.83. The molecule has 10 heteroatoms. The van der Waals surface area contributed by atoms with Gasteiger partial charge in [0.25, 0.3) is 0 Å². The Balaban J connectivity index is 0.000000178. The van der Waals surface area contributed by atoms with E-state index < -0.39 is 18.8 Å². The molecule has 7 nitrogen and oxygen atoms in total. The van der Waals surface area contributed by atoms with Gasteiger partial charge in [-0.25, -0.2) is 14.8 Å². The van der Waals surface area contributed by atoms with Crippen molar-refractivity contribution in [2.45, 2.75) is 32.9 Å². The zero-order chi connectivity index (χ0) is 19.9. The van der Waals surface area contributed by atoms with Crippen LogP contribution in [0.2, 0.25) is 0 Å². The summed E-state index contributed by atoms with van der Waals surface area (Å²) in [5.41, 5.74) is 2.83. The number of H-pyrrole nitrogens is 1. The number of nitrogens with zero attached hydrogens (tertiary/aromatic N) is 4. The molecule has 2 N–H and O–H groups in total. The summed E-state index contributed by atoms with van der Waals surface area (Å²) in [6.07, 6.45) is 4.74. The van der Waals surface area contributed by atoms with Gasteiger partial charge in [-0.3, -0.25) is 4.40 Å². The summed E-state index contributed by atoms with van der Waals surface area (Å²) < 4.78 is 37.0. The molecular formula is C17H23F3N6O. The van der Waals surface area contributed by atoms with E-state index in [0.717, 1.165) is 29.7 Å². The molecule has 27 heavy (non-hydrogen) atoms. The van der Waals surface area contributed by atoms with Gasteiger partial charge in [0.15, 0.2) is 11.3 Å². The number of amides is 2. The topological polar surface area (TPSA) is 78.3 Å². The maximum atomic E-state index is 11.7. The smallest absolute Gasteiger partial charge is 0.345 e. The van der Waals surface area contributed by atoms with Crippen LogP contribution in [0.4, 0.5) is 18.0 Å². The molecule has 0 spiro atoms. The second kappa shape index (κ2) is 9.24. The van der Waals surface area contributed by atoms with Gasteiger partial charge in [0.2, 0.25) is 0 Å². The van der Waals surface area contributed by atoms with E-state index in [1.807, 2.05) is 42.0 Å². The molecule has 3 aromatic heterocycles. The first-order chi connectivity index (χ1) is 12.9. The molecule has 0 aliphatic carbocycles. The molecule has 0 saturated carbocycles. The quantitative estimate of drug-likeness (QED) is 0.673. The highest BCUT2D eigenvalue weighted by Gasteiger charge is 2.29. The first kappa shape index (κ1) is 20.5. The number of aromatic nitrogens is 4. The molecule has 2 amide bonds. The lowest BCUT2D eigenvalue weighted by molar-refractivity contribution is -0.123. The van der Waals surface area contributed by atoms with Crippen LogP contribution in [0, 0.1) is 0 Å². The van der Waals surface area contributed by atoms with Crippen molar-refractivity contribution < 1.29 is 18.0 Å². The van der Waals surface area contributed by atoms with Crippen molar-refractivity contribution in [1.29, 1.82) is 0 Å². The minimum absolute atomic E-state index is 0.559. The second-order valence-corrected chi connectivity index (χ2v) is 5.59. The number of halogens is 3. The fraction of sp³-hybridized carbons (Fsp3) is 0.471. The molecule has 0 radical (unpaired) electrons. The number of nitrogens with one attached hydrogen (secondary N) is 2. The van der Waals surface area contributed by atoms with E-state index in [9.17, 15) is 18.0 Å². The van der Waals surface area contributed by atoms with Crippen molar-refractivity contribution >= 4 is 22.8 Å². The average molecular weight is 384 g/mol. The van der Waals surface area contributed by atoms with Gasteiger partial charge in [-0.15, -0.1) is 0 Å². The Bertz CT molecular complexity index is 801. The lowest BCUT2D eigenvalue weighted by Gasteiger charge is -2.16. The summed E-state index contributed by atoms with van der Waals surface area (Å²) in [6.45, 7) is 3.87. The molecule has 0 aromatic carbocycles. The molecule has 148 valence electrons. The number of carbonyl (C=O) groups is 1. The van der Waals surface area contributed by atoms with Crippen molar-refractivity contribution in [3.63, 3.8) is 0 Å². The van der Waals surface area contributed by atoms with E-state index in [4.69, 9.17) is 0 Å². The number of carbonyl (C=O) groups excluding carboxylic acids is 1. The van der Waals surface area contributed by atoms with Gasteiger partial charge < -0.3 is 15.2 Å². The number of aromatic amines is 1. The maximum absolute atomic E-state index is 11.7. The Hall–Kier alpha value is -2.78. The number of imidazole rings is 1. The van der Waals surface area contributed by atoms with Crippen LogP contribution >= 0.6 is 0 Å². The summed E-state index contributed by atoms with van der Waals surface area (Å²) in [4.78, 5) is 23.8. The fourth-order valence-corrected chi connectivity index (χ4v) is 2.59. The van der Waals surface area contributed by atoms with Crippen LogP contribution < -0.4 is 5.32 Å². The van der Waals surface area contributed by atoms with Crippen molar-refractivity contribution in [1.82, 2.24) is 29.6 Å². The van der Waals surface area contributed by atoms with E-state index >= 15 is 0 Å². The lowest BCUT2D eigenvalue weighted by atomic mass is 10.4. The molecule has 0 unspecified atom stereocenters. The predicted molar refractivity (Wildman–Crippen MR) is 96.5 cm³/mol. The van der Waals surface area contributed by atoms with Crippen molar-refractivity contribution in [3.05, 3.63) is 30.9 Å². The molecular weight excluding hydrogens is 361 g/mol. The van der Waals surface area contributed by atoms with Crippen LogP contribution in [0.5, 0.6) is 0 Å². The number of hydrogen-bond donors (Lipinski definition) is 2. The molecule has 0 atom stereocenters. The van der Waals surface area contributed by atoms with Gasteiger partial charge in [-0.1, -0.05) is 13.8 Å². The molecule has 4 heterocycles. The second-order valence-electron chi connectivity index (χ2n) is 5.59. The molecule has 0 bridgehead atoms. The third kappa shape index (κ3) is 5.60. The highest BCUT2D eigenvalue weighted by Crippen LogP contribution is 2.13. The number of hydrogen-bond acceptors (Lipinski definition) is 3. The van der Waals surface area contributed by atoms with Gasteiger partial charge in [0, 0.05) is 31.7 Å².